The number of benzene rings is 2. The predicted octanol–water partition coefficient (Wildman–Crippen LogP) is 4.31. The van der Waals surface area contributed by atoms with E-state index >= 15 is 0 Å². The summed E-state index contributed by atoms with van der Waals surface area (Å²) in [6.07, 6.45) is 0. The molecule has 0 bridgehead atoms. The minimum absolute atomic E-state index is 0.0653. The number of amides is 1. The first-order valence-corrected chi connectivity index (χ1v) is 7.39. The molecule has 1 N–H and O–H groups in total. The molecular formula is C16H15F2NOS. The van der Waals surface area contributed by atoms with Crippen molar-refractivity contribution in [2.45, 2.75) is 18.7 Å². The van der Waals surface area contributed by atoms with Gasteiger partial charge in [0.05, 0.1) is 5.75 Å². The van der Waals surface area contributed by atoms with E-state index in [9.17, 15) is 13.6 Å². The normalized spacial score (nSPS) is 10.5. The number of nitrogens with one attached hydrogen (secondary N) is 1. The molecule has 5 heteroatoms. The summed E-state index contributed by atoms with van der Waals surface area (Å²) in [6, 6.07) is 9.04. The van der Waals surface area contributed by atoms with Gasteiger partial charge >= 0.3 is 0 Å². The van der Waals surface area contributed by atoms with Gasteiger partial charge in [0.2, 0.25) is 5.91 Å². The van der Waals surface area contributed by atoms with E-state index in [4.69, 9.17) is 0 Å². The zero-order valence-electron chi connectivity index (χ0n) is 11.7. The standard InChI is InChI=1S/C16H15F2NOS/c1-10-3-5-14(11(2)7-10)19-16(20)9-21-15-6-4-12(17)8-13(15)18/h3-8H,9H2,1-2H3,(H,19,20). The number of hydrogen-bond donors (Lipinski definition) is 1. The lowest BCUT2D eigenvalue weighted by atomic mass is 10.1. The molecule has 0 aliphatic heterocycles. The molecule has 0 radical (unpaired) electrons. The molecule has 2 aromatic rings. The third-order valence-corrected chi connectivity index (χ3v) is 3.96. The smallest absolute Gasteiger partial charge is 0.234 e. The molecule has 0 heterocycles. The molecule has 0 atom stereocenters. The van der Waals surface area contributed by atoms with Crippen LogP contribution < -0.4 is 5.32 Å². The molecule has 0 aliphatic rings. The summed E-state index contributed by atoms with van der Waals surface area (Å²) in [6.45, 7) is 3.89. The van der Waals surface area contributed by atoms with Crippen LogP contribution in [0.3, 0.4) is 0 Å². The number of aryl methyl sites for hydroxylation is 2. The molecule has 0 aromatic heterocycles. The van der Waals surface area contributed by atoms with Crippen LogP contribution in [0, 0.1) is 25.5 Å². The lowest BCUT2D eigenvalue weighted by Gasteiger charge is -2.09. The number of carbonyl (C=O) groups excluding carboxylic acids is 1. The molecule has 0 aliphatic carbocycles. The molecule has 1 amide bonds. The average Bonchev–Trinajstić information content (AvgIpc) is 2.41. The SMILES string of the molecule is Cc1ccc(NC(=O)CSc2ccc(F)cc2F)c(C)c1. The van der Waals surface area contributed by atoms with Gasteiger partial charge < -0.3 is 5.32 Å². The van der Waals surface area contributed by atoms with Gasteiger partial charge in [-0.2, -0.15) is 0 Å². The van der Waals surface area contributed by atoms with E-state index in [1.54, 1.807) is 0 Å². The van der Waals surface area contributed by atoms with Crippen LogP contribution in [-0.4, -0.2) is 11.7 Å². The van der Waals surface area contributed by atoms with Gasteiger partial charge in [0, 0.05) is 16.6 Å². The van der Waals surface area contributed by atoms with Gasteiger partial charge in [-0.3, -0.25) is 4.79 Å². The molecule has 0 spiro atoms. The second-order valence-corrected chi connectivity index (χ2v) is 5.75. The Hall–Kier alpha value is -1.88. The van der Waals surface area contributed by atoms with E-state index in [2.05, 4.69) is 5.32 Å². The first-order chi connectivity index (χ1) is 9.95. The fraction of sp³-hybridized carbons (Fsp3) is 0.188. The van der Waals surface area contributed by atoms with Crippen molar-refractivity contribution in [2.75, 3.05) is 11.1 Å². The van der Waals surface area contributed by atoms with Crippen LogP contribution in [0.25, 0.3) is 0 Å². The Bertz CT molecular complexity index is 673. The second kappa shape index (κ2) is 6.72. The Morgan fingerprint density at radius 3 is 2.57 bits per heavy atom. The van der Waals surface area contributed by atoms with Crippen LogP contribution >= 0.6 is 11.8 Å². The summed E-state index contributed by atoms with van der Waals surface area (Å²) in [7, 11) is 0. The van der Waals surface area contributed by atoms with Crippen molar-refractivity contribution in [1.82, 2.24) is 0 Å². The first-order valence-electron chi connectivity index (χ1n) is 6.40. The molecule has 21 heavy (non-hydrogen) atoms. The lowest BCUT2D eigenvalue weighted by molar-refractivity contribution is -0.113. The Balaban J connectivity index is 1.96. The van der Waals surface area contributed by atoms with Crippen molar-refractivity contribution >= 4 is 23.4 Å². The van der Waals surface area contributed by atoms with Crippen molar-refractivity contribution in [3.8, 4) is 0 Å². The fourth-order valence-electron chi connectivity index (χ4n) is 1.88. The molecule has 110 valence electrons. The molecule has 0 saturated heterocycles. The zero-order chi connectivity index (χ0) is 15.4. The van der Waals surface area contributed by atoms with Crippen LogP contribution in [0.15, 0.2) is 41.3 Å². The van der Waals surface area contributed by atoms with Crippen LogP contribution in [0.2, 0.25) is 0 Å². The Morgan fingerprint density at radius 1 is 1.14 bits per heavy atom. The van der Waals surface area contributed by atoms with Crippen LogP contribution in [0.5, 0.6) is 0 Å². The van der Waals surface area contributed by atoms with E-state index < -0.39 is 11.6 Å². The Labute approximate surface area is 126 Å². The van der Waals surface area contributed by atoms with Crippen molar-refractivity contribution in [1.29, 1.82) is 0 Å². The third-order valence-electron chi connectivity index (χ3n) is 2.91. The minimum atomic E-state index is -0.653. The summed E-state index contributed by atoms with van der Waals surface area (Å²) in [5.41, 5.74) is 2.83. The summed E-state index contributed by atoms with van der Waals surface area (Å²) < 4.78 is 26.2. The average molecular weight is 307 g/mol. The highest BCUT2D eigenvalue weighted by molar-refractivity contribution is 8.00. The maximum atomic E-state index is 13.4. The first kappa shape index (κ1) is 15.5. The molecule has 0 saturated carbocycles. The predicted molar refractivity (Wildman–Crippen MR) is 81.6 cm³/mol. The lowest BCUT2D eigenvalue weighted by Crippen LogP contribution is -2.15. The number of thioether (sulfide) groups is 1. The monoisotopic (exact) mass is 307 g/mol. The maximum absolute atomic E-state index is 13.4. The van der Waals surface area contributed by atoms with Crippen molar-refractivity contribution in [3.05, 3.63) is 59.2 Å². The van der Waals surface area contributed by atoms with Gasteiger partial charge in [-0.15, -0.1) is 11.8 Å². The van der Waals surface area contributed by atoms with E-state index in [0.29, 0.717) is 0 Å². The minimum Gasteiger partial charge on any atom is -0.325 e. The maximum Gasteiger partial charge on any atom is 0.234 e. The van der Waals surface area contributed by atoms with Crippen LogP contribution in [-0.2, 0) is 4.79 Å². The van der Waals surface area contributed by atoms with E-state index in [-0.39, 0.29) is 16.6 Å². The fourth-order valence-corrected chi connectivity index (χ4v) is 2.60. The van der Waals surface area contributed by atoms with E-state index in [1.165, 1.54) is 12.1 Å². The highest BCUT2D eigenvalue weighted by Crippen LogP contribution is 2.23. The number of anilines is 1. The van der Waals surface area contributed by atoms with Gasteiger partial charge in [-0.05, 0) is 37.6 Å². The van der Waals surface area contributed by atoms with Gasteiger partial charge in [-0.25, -0.2) is 8.78 Å². The molecule has 0 fully saturated rings. The van der Waals surface area contributed by atoms with Crippen molar-refractivity contribution in [3.63, 3.8) is 0 Å². The van der Waals surface area contributed by atoms with Crippen molar-refractivity contribution in [2.24, 2.45) is 0 Å². The number of rotatable bonds is 4. The van der Waals surface area contributed by atoms with Gasteiger partial charge in [0.1, 0.15) is 11.6 Å². The van der Waals surface area contributed by atoms with Gasteiger partial charge in [0.15, 0.2) is 0 Å². The Morgan fingerprint density at radius 2 is 1.90 bits per heavy atom. The van der Waals surface area contributed by atoms with Crippen molar-refractivity contribution < 1.29 is 13.6 Å². The van der Waals surface area contributed by atoms with E-state index in [0.717, 1.165) is 34.6 Å². The van der Waals surface area contributed by atoms with Gasteiger partial charge in [-0.1, -0.05) is 17.7 Å². The van der Waals surface area contributed by atoms with E-state index in [1.807, 2.05) is 32.0 Å². The molecule has 0 unspecified atom stereocenters. The summed E-state index contributed by atoms with van der Waals surface area (Å²) in [4.78, 5) is 12.1. The largest absolute Gasteiger partial charge is 0.325 e. The highest BCUT2D eigenvalue weighted by Gasteiger charge is 2.09. The molecule has 2 nitrogen and oxygen atoms in total. The number of halogens is 2. The molecule has 2 aromatic carbocycles. The van der Waals surface area contributed by atoms with Crippen LogP contribution in [0.1, 0.15) is 11.1 Å². The summed E-state index contributed by atoms with van der Waals surface area (Å²) in [5.74, 6) is -1.44. The third kappa shape index (κ3) is 4.29. The summed E-state index contributed by atoms with van der Waals surface area (Å²) in [5, 5.41) is 2.78. The molecular weight excluding hydrogens is 292 g/mol. The number of carbonyl (C=O) groups is 1. The topological polar surface area (TPSA) is 29.1 Å². The highest BCUT2D eigenvalue weighted by atomic mass is 32.2. The zero-order valence-corrected chi connectivity index (χ0v) is 12.6. The van der Waals surface area contributed by atoms with Crippen LogP contribution in [0.4, 0.5) is 14.5 Å². The number of hydrogen-bond acceptors (Lipinski definition) is 2. The molecule has 2 rings (SSSR count). The summed E-state index contributed by atoms with van der Waals surface area (Å²) >= 11 is 1.04. The second-order valence-electron chi connectivity index (χ2n) is 4.73. The van der Waals surface area contributed by atoms with Gasteiger partial charge in [0.25, 0.3) is 0 Å². The Kier molecular flexibility index (Phi) is 4.96. The quantitative estimate of drug-likeness (QED) is 0.853.